The van der Waals surface area contributed by atoms with Gasteiger partial charge in [0.25, 0.3) is 0 Å². The van der Waals surface area contributed by atoms with E-state index in [1.807, 2.05) is 24.3 Å². The summed E-state index contributed by atoms with van der Waals surface area (Å²) in [6, 6.07) is 18.8. The van der Waals surface area contributed by atoms with E-state index < -0.39 is 5.97 Å². The van der Waals surface area contributed by atoms with Crippen LogP contribution in [0.4, 0.5) is 0 Å². The third kappa shape index (κ3) is 7.12. The summed E-state index contributed by atoms with van der Waals surface area (Å²) in [7, 11) is 0. The first-order chi connectivity index (χ1) is 17.1. The second-order valence-electron chi connectivity index (χ2n) is 9.77. The van der Waals surface area contributed by atoms with E-state index in [1.54, 1.807) is 0 Å². The molecule has 0 bridgehead atoms. The number of piperidine rings is 1. The number of aliphatic carboxylic acids is 1. The monoisotopic (exact) mass is 475 g/mol. The number of carboxylic acids is 1. The van der Waals surface area contributed by atoms with Crippen LogP contribution in [-0.2, 0) is 20.9 Å². The highest BCUT2D eigenvalue weighted by Crippen LogP contribution is 2.35. The molecule has 1 saturated heterocycles. The molecule has 0 spiro atoms. The Morgan fingerprint density at radius 2 is 1.63 bits per heavy atom. The summed E-state index contributed by atoms with van der Waals surface area (Å²) in [5.74, 6) is -0.282. The summed E-state index contributed by atoms with van der Waals surface area (Å²) >= 11 is 0. The summed E-state index contributed by atoms with van der Waals surface area (Å²) in [5, 5.41) is 8.82. The average Bonchev–Trinajstić information content (AvgIpc) is 3.20. The molecule has 2 aliphatic rings. The molecule has 4 rings (SSSR count). The van der Waals surface area contributed by atoms with Gasteiger partial charge in [-0.15, -0.1) is 0 Å². The van der Waals surface area contributed by atoms with Crippen molar-refractivity contribution >= 4 is 11.8 Å². The third-order valence-electron chi connectivity index (χ3n) is 7.28. The van der Waals surface area contributed by atoms with Crippen molar-refractivity contribution in [1.29, 1.82) is 0 Å². The van der Waals surface area contributed by atoms with Gasteiger partial charge in [-0.1, -0.05) is 73.2 Å². The molecule has 0 radical (unpaired) electrons. The molecule has 5 nitrogen and oxygen atoms in total. The molecule has 35 heavy (non-hydrogen) atoms. The van der Waals surface area contributed by atoms with Gasteiger partial charge in [-0.3, -0.25) is 14.5 Å². The second kappa shape index (κ2) is 12.8. The van der Waals surface area contributed by atoms with Crippen LogP contribution in [0.25, 0.3) is 11.1 Å². The summed E-state index contributed by atoms with van der Waals surface area (Å²) in [6.45, 7) is 2.49. The summed E-state index contributed by atoms with van der Waals surface area (Å²) in [6.07, 6.45) is 10.4. The van der Waals surface area contributed by atoms with E-state index in [4.69, 9.17) is 9.84 Å². The molecule has 0 aromatic heterocycles. The van der Waals surface area contributed by atoms with Gasteiger partial charge < -0.3 is 9.84 Å². The maximum Gasteiger partial charge on any atom is 0.303 e. The van der Waals surface area contributed by atoms with Crippen molar-refractivity contribution in [3.8, 4) is 11.1 Å². The molecule has 3 unspecified atom stereocenters. The molecule has 1 N–H and O–H groups in total. The predicted octanol–water partition coefficient (Wildman–Crippen LogP) is 5.88. The Morgan fingerprint density at radius 3 is 2.34 bits per heavy atom. The lowest BCUT2D eigenvalue weighted by atomic mass is 9.92. The number of carbonyl (C=O) groups is 2. The molecule has 1 saturated carbocycles. The summed E-state index contributed by atoms with van der Waals surface area (Å²) < 4.78 is 6.40. The van der Waals surface area contributed by atoms with Gasteiger partial charge in [0.05, 0.1) is 18.8 Å². The molecular formula is C30H37NO4. The Kier molecular flexibility index (Phi) is 9.27. The Bertz CT molecular complexity index is 979. The number of rotatable bonds is 11. The number of hydrogen-bond donors (Lipinski definition) is 1. The maximum absolute atomic E-state index is 13.1. The molecule has 1 heterocycles. The zero-order chi connectivity index (χ0) is 24.5. The second-order valence-corrected chi connectivity index (χ2v) is 9.77. The van der Waals surface area contributed by atoms with Crippen molar-refractivity contribution in [3.05, 3.63) is 72.3 Å². The number of hydrogen-bond acceptors (Lipinski definition) is 4. The first-order valence-electron chi connectivity index (χ1n) is 13.0. The maximum atomic E-state index is 13.1. The minimum Gasteiger partial charge on any atom is -0.481 e. The smallest absolute Gasteiger partial charge is 0.303 e. The van der Waals surface area contributed by atoms with Gasteiger partial charge >= 0.3 is 5.97 Å². The van der Waals surface area contributed by atoms with E-state index in [0.29, 0.717) is 25.2 Å². The number of ketones is 1. The number of allylic oxidation sites excluding steroid dienone is 2. The van der Waals surface area contributed by atoms with Crippen molar-refractivity contribution in [2.75, 3.05) is 13.1 Å². The van der Waals surface area contributed by atoms with Crippen LogP contribution in [-0.4, -0.2) is 47.0 Å². The lowest BCUT2D eigenvalue weighted by molar-refractivity contribution is -0.136. The summed E-state index contributed by atoms with van der Waals surface area (Å²) in [5.41, 5.74) is 3.50. The fourth-order valence-corrected chi connectivity index (χ4v) is 5.47. The van der Waals surface area contributed by atoms with Gasteiger partial charge in [0, 0.05) is 18.8 Å². The third-order valence-corrected chi connectivity index (χ3v) is 7.28. The van der Waals surface area contributed by atoms with Crippen LogP contribution in [0.15, 0.2) is 66.7 Å². The highest BCUT2D eigenvalue weighted by molar-refractivity contribution is 5.87. The topological polar surface area (TPSA) is 66.8 Å². The van der Waals surface area contributed by atoms with Crippen molar-refractivity contribution < 1.29 is 19.4 Å². The molecule has 2 aromatic rings. The minimum atomic E-state index is -0.772. The van der Waals surface area contributed by atoms with Crippen LogP contribution < -0.4 is 0 Å². The van der Waals surface area contributed by atoms with Gasteiger partial charge in [0.1, 0.15) is 0 Å². The number of benzene rings is 2. The largest absolute Gasteiger partial charge is 0.481 e. The fraction of sp³-hybridized carbons (Fsp3) is 0.467. The number of ether oxygens (including phenoxy) is 1. The number of likely N-dealkylation sites (tertiary alicyclic amines) is 1. The SMILES string of the molecule is O=C(O)CC/C=C/CCC1C(OCc2ccc(-c3ccccc3)cc2)CC(=O)C1N1CCCCC1. The normalized spacial score (nSPS) is 23.2. The zero-order valence-corrected chi connectivity index (χ0v) is 20.5. The van der Waals surface area contributed by atoms with E-state index in [0.717, 1.165) is 44.3 Å². The molecular weight excluding hydrogens is 438 g/mol. The molecule has 186 valence electrons. The van der Waals surface area contributed by atoms with Gasteiger partial charge in [0.2, 0.25) is 0 Å². The average molecular weight is 476 g/mol. The number of Topliss-reactive ketones (excluding diaryl/α,β-unsaturated/α-hetero) is 1. The van der Waals surface area contributed by atoms with Crippen LogP contribution in [0.3, 0.4) is 0 Å². The summed E-state index contributed by atoms with van der Waals surface area (Å²) in [4.78, 5) is 26.2. The molecule has 2 fully saturated rings. The van der Waals surface area contributed by atoms with Gasteiger partial charge in [-0.05, 0) is 61.9 Å². The lowest BCUT2D eigenvalue weighted by Crippen LogP contribution is -2.46. The van der Waals surface area contributed by atoms with Crippen LogP contribution in [0.1, 0.15) is 56.9 Å². The first-order valence-corrected chi connectivity index (χ1v) is 13.0. The Hall–Kier alpha value is -2.76. The Morgan fingerprint density at radius 1 is 0.943 bits per heavy atom. The Balaban J connectivity index is 1.38. The molecule has 1 aliphatic heterocycles. The highest BCUT2D eigenvalue weighted by atomic mass is 16.5. The molecule has 1 aliphatic carbocycles. The van der Waals surface area contributed by atoms with Crippen molar-refractivity contribution in [1.82, 2.24) is 4.90 Å². The van der Waals surface area contributed by atoms with Crippen molar-refractivity contribution in [2.45, 2.75) is 70.1 Å². The fourth-order valence-electron chi connectivity index (χ4n) is 5.47. The van der Waals surface area contributed by atoms with Gasteiger partial charge in [0.15, 0.2) is 5.78 Å². The molecule has 0 amide bonds. The number of carbonyl (C=O) groups excluding carboxylic acids is 1. The van der Waals surface area contributed by atoms with Gasteiger partial charge in [-0.2, -0.15) is 0 Å². The van der Waals surface area contributed by atoms with E-state index in [1.165, 1.54) is 17.5 Å². The van der Waals surface area contributed by atoms with Gasteiger partial charge in [-0.25, -0.2) is 0 Å². The van der Waals surface area contributed by atoms with E-state index in [-0.39, 0.29) is 24.5 Å². The van der Waals surface area contributed by atoms with E-state index in [9.17, 15) is 9.59 Å². The first kappa shape index (κ1) is 25.3. The minimum absolute atomic E-state index is 0.0480. The Labute approximate surface area is 208 Å². The number of nitrogens with zero attached hydrogens (tertiary/aromatic N) is 1. The lowest BCUT2D eigenvalue weighted by Gasteiger charge is -2.35. The van der Waals surface area contributed by atoms with Crippen LogP contribution >= 0.6 is 0 Å². The molecule has 2 aromatic carbocycles. The van der Waals surface area contributed by atoms with Crippen molar-refractivity contribution in [2.24, 2.45) is 5.92 Å². The van der Waals surface area contributed by atoms with E-state index in [2.05, 4.69) is 47.4 Å². The quantitative estimate of drug-likeness (QED) is 0.411. The molecule has 5 heteroatoms. The number of carboxylic acid groups (broad SMARTS) is 1. The molecule has 3 atom stereocenters. The van der Waals surface area contributed by atoms with Crippen LogP contribution in [0.5, 0.6) is 0 Å². The standard InChI is InChI=1S/C30H37NO4/c32-27-21-28(35-22-23-15-17-25(18-16-23)24-11-5-3-6-12-24)26(13-7-1-2-8-14-29(33)34)30(27)31-19-9-4-10-20-31/h1-3,5-6,11-12,15-18,26,28,30H,4,7-10,13-14,19-22H2,(H,33,34)/b2-1+. The van der Waals surface area contributed by atoms with Crippen LogP contribution in [0, 0.1) is 5.92 Å². The zero-order valence-electron chi connectivity index (χ0n) is 20.5. The highest BCUT2D eigenvalue weighted by Gasteiger charge is 2.45. The van der Waals surface area contributed by atoms with Crippen molar-refractivity contribution in [3.63, 3.8) is 0 Å². The van der Waals surface area contributed by atoms with E-state index >= 15 is 0 Å². The predicted molar refractivity (Wildman–Crippen MR) is 138 cm³/mol. The van der Waals surface area contributed by atoms with Crippen LogP contribution in [0.2, 0.25) is 0 Å².